The minimum Gasteiger partial charge on any atom is -0.493 e. The van der Waals surface area contributed by atoms with Crippen molar-refractivity contribution in [3.63, 3.8) is 0 Å². The summed E-state index contributed by atoms with van der Waals surface area (Å²) < 4.78 is 49.9. The van der Waals surface area contributed by atoms with Crippen LogP contribution in [0, 0.1) is 5.82 Å². The Morgan fingerprint density at radius 1 is 1.12 bits per heavy atom. The molecule has 1 N–H and O–H groups in total. The molecule has 1 atom stereocenters. The third-order valence-electron chi connectivity index (χ3n) is 4.98. The summed E-state index contributed by atoms with van der Waals surface area (Å²) in [7, 11) is -2.27. The van der Waals surface area contributed by atoms with Gasteiger partial charge in [0, 0.05) is 13.2 Å². The number of rotatable bonds is 8. The van der Waals surface area contributed by atoms with E-state index >= 15 is 0 Å². The number of sulfone groups is 1. The van der Waals surface area contributed by atoms with Crippen molar-refractivity contribution in [1.29, 1.82) is 0 Å². The van der Waals surface area contributed by atoms with Gasteiger partial charge >= 0.3 is 0 Å². The van der Waals surface area contributed by atoms with Gasteiger partial charge in [-0.2, -0.15) is 0 Å². The molecule has 176 valence electrons. The summed E-state index contributed by atoms with van der Waals surface area (Å²) in [6, 6.07) is 5.37. The molecule has 0 bridgehead atoms. The van der Waals surface area contributed by atoms with Crippen LogP contribution < -0.4 is 14.8 Å². The molecule has 1 heterocycles. The lowest BCUT2D eigenvalue weighted by molar-refractivity contribution is -0.114. The molecule has 11 heteroatoms. The van der Waals surface area contributed by atoms with Crippen molar-refractivity contribution >= 4 is 33.2 Å². The minimum atomic E-state index is -3.70. The fourth-order valence-corrected chi connectivity index (χ4v) is 4.61. The molecule has 0 fully saturated rings. The second-order valence-corrected chi connectivity index (χ2v) is 9.64. The van der Waals surface area contributed by atoms with Gasteiger partial charge in [-0.05, 0) is 36.8 Å². The third kappa shape index (κ3) is 4.82. The van der Waals surface area contributed by atoms with E-state index in [4.69, 9.17) is 9.47 Å². The van der Waals surface area contributed by atoms with Crippen molar-refractivity contribution in [3.05, 3.63) is 52.8 Å². The van der Waals surface area contributed by atoms with E-state index in [-0.39, 0.29) is 29.2 Å². The lowest BCUT2D eigenvalue weighted by atomic mass is 10.1. The number of carbonyl (C=O) groups is 3. The number of hydrogen-bond donors (Lipinski definition) is 1. The highest BCUT2D eigenvalue weighted by atomic mass is 32.2. The molecule has 0 spiro atoms. The third-order valence-corrected chi connectivity index (χ3v) is 5.90. The number of nitrogens with zero attached hydrogens (tertiary/aromatic N) is 1. The summed E-state index contributed by atoms with van der Waals surface area (Å²) in [5, 5.41) is 2.41. The quantitative estimate of drug-likeness (QED) is 0.579. The van der Waals surface area contributed by atoms with Crippen LogP contribution in [0.3, 0.4) is 0 Å². The van der Waals surface area contributed by atoms with Crippen LogP contribution in [0.25, 0.3) is 0 Å². The smallest absolute Gasteiger partial charge is 0.265 e. The molecular formula is C22H23FN2O7S. The molecule has 0 aromatic heterocycles. The van der Waals surface area contributed by atoms with E-state index in [0.717, 1.165) is 12.3 Å². The number of anilines is 1. The number of fused-ring (bicyclic) bond motifs is 1. The fraction of sp³-hybridized carbons (Fsp3) is 0.318. The lowest BCUT2D eigenvalue weighted by Crippen LogP contribution is -2.38. The topological polar surface area (TPSA) is 119 Å². The fourth-order valence-electron chi connectivity index (χ4n) is 3.69. The molecule has 3 amide bonds. The summed E-state index contributed by atoms with van der Waals surface area (Å²) in [4.78, 5) is 38.8. The van der Waals surface area contributed by atoms with E-state index in [2.05, 4.69) is 5.32 Å². The molecule has 0 saturated heterocycles. The average Bonchev–Trinajstić information content (AvgIpc) is 2.99. The number of carbonyl (C=O) groups excluding carboxylic acids is 3. The van der Waals surface area contributed by atoms with Gasteiger partial charge in [-0.1, -0.05) is 6.07 Å². The summed E-state index contributed by atoms with van der Waals surface area (Å²) in [5.41, 5.74) is -0.612. The first kappa shape index (κ1) is 24.2. The van der Waals surface area contributed by atoms with Crippen LogP contribution in [-0.2, 0) is 14.6 Å². The molecule has 1 aliphatic heterocycles. The Morgan fingerprint density at radius 2 is 1.79 bits per heavy atom. The molecule has 0 saturated carbocycles. The van der Waals surface area contributed by atoms with Crippen molar-refractivity contribution in [2.75, 3.05) is 31.0 Å². The van der Waals surface area contributed by atoms with E-state index in [0.29, 0.717) is 10.6 Å². The number of ether oxygens (including phenoxy) is 2. The van der Waals surface area contributed by atoms with Gasteiger partial charge in [0.25, 0.3) is 11.8 Å². The Balaban J connectivity index is 2.17. The molecule has 9 nitrogen and oxygen atoms in total. The molecule has 1 aliphatic rings. The Kier molecular flexibility index (Phi) is 6.73. The molecule has 33 heavy (non-hydrogen) atoms. The normalized spacial score (nSPS) is 14.2. The van der Waals surface area contributed by atoms with Crippen molar-refractivity contribution in [2.45, 2.75) is 19.9 Å². The van der Waals surface area contributed by atoms with Gasteiger partial charge in [0.1, 0.15) is 15.7 Å². The molecular weight excluding hydrogens is 455 g/mol. The van der Waals surface area contributed by atoms with Crippen LogP contribution in [0.4, 0.5) is 10.1 Å². The van der Waals surface area contributed by atoms with Crippen molar-refractivity contribution in [3.8, 4) is 11.5 Å². The maximum atomic E-state index is 14.6. The zero-order valence-corrected chi connectivity index (χ0v) is 19.3. The summed E-state index contributed by atoms with van der Waals surface area (Å²) in [6.07, 6.45) is 0.967. The number of hydrogen-bond acceptors (Lipinski definition) is 7. The number of halogens is 1. The van der Waals surface area contributed by atoms with Gasteiger partial charge < -0.3 is 14.8 Å². The predicted molar refractivity (Wildman–Crippen MR) is 118 cm³/mol. The van der Waals surface area contributed by atoms with Crippen LogP contribution in [0.15, 0.2) is 30.3 Å². The van der Waals surface area contributed by atoms with Crippen molar-refractivity contribution in [2.24, 2.45) is 0 Å². The minimum absolute atomic E-state index is 0.0393. The summed E-state index contributed by atoms with van der Waals surface area (Å²) in [6.45, 7) is 3.24. The van der Waals surface area contributed by atoms with E-state index in [1.807, 2.05) is 0 Å². The SMILES string of the molecule is CCOc1cc([C@H](CS(C)(=O)=O)N2C(=O)c3c(F)ccc(NC(C)=O)c3C2=O)ccc1OC. The molecule has 0 aliphatic carbocycles. The lowest BCUT2D eigenvalue weighted by Gasteiger charge is -2.27. The first-order valence-corrected chi connectivity index (χ1v) is 12.0. The second-order valence-electron chi connectivity index (χ2n) is 7.46. The first-order chi connectivity index (χ1) is 15.5. The predicted octanol–water partition coefficient (Wildman–Crippen LogP) is 2.57. The number of imide groups is 1. The van der Waals surface area contributed by atoms with E-state index in [1.165, 1.54) is 38.3 Å². The van der Waals surface area contributed by atoms with E-state index in [9.17, 15) is 27.2 Å². The molecule has 0 radical (unpaired) electrons. The van der Waals surface area contributed by atoms with Crippen LogP contribution in [-0.4, -0.2) is 56.8 Å². The van der Waals surface area contributed by atoms with E-state index in [1.54, 1.807) is 6.92 Å². The number of methoxy groups -OCH3 is 1. The van der Waals surface area contributed by atoms with Gasteiger partial charge in [0.05, 0.1) is 42.3 Å². The summed E-state index contributed by atoms with van der Waals surface area (Å²) in [5.74, 6) is -3.33. The number of benzene rings is 2. The number of nitrogens with one attached hydrogen (secondary N) is 1. The Hall–Kier alpha value is -3.47. The standard InChI is InChI=1S/C22H23FN2O7S/c1-5-32-18-10-13(6-9-17(18)31-3)16(11-33(4,29)30)25-21(27)19-14(23)7-8-15(24-12(2)26)20(19)22(25)28/h6-10,16H,5,11H2,1-4H3,(H,24,26)/t16-/m0/s1. The zero-order chi connectivity index (χ0) is 24.5. The van der Waals surface area contributed by atoms with Crippen molar-refractivity contribution in [1.82, 2.24) is 4.90 Å². The maximum absolute atomic E-state index is 14.6. The molecule has 2 aromatic rings. The first-order valence-electron chi connectivity index (χ1n) is 9.94. The molecule has 0 unspecified atom stereocenters. The highest BCUT2D eigenvalue weighted by Gasteiger charge is 2.45. The largest absolute Gasteiger partial charge is 0.493 e. The van der Waals surface area contributed by atoms with Crippen LogP contribution in [0.5, 0.6) is 11.5 Å². The average molecular weight is 478 g/mol. The second kappa shape index (κ2) is 9.18. The van der Waals surface area contributed by atoms with Gasteiger partial charge in [0.2, 0.25) is 5.91 Å². The Bertz CT molecular complexity index is 1240. The van der Waals surface area contributed by atoms with Crippen LogP contribution in [0.2, 0.25) is 0 Å². The van der Waals surface area contributed by atoms with Crippen LogP contribution >= 0.6 is 0 Å². The maximum Gasteiger partial charge on any atom is 0.265 e. The monoisotopic (exact) mass is 478 g/mol. The number of amides is 3. The highest BCUT2D eigenvalue weighted by Crippen LogP contribution is 2.39. The Morgan fingerprint density at radius 3 is 2.36 bits per heavy atom. The molecule has 3 rings (SSSR count). The highest BCUT2D eigenvalue weighted by molar-refractivity contribution is 7.90. The zero-order valence-electron chi connectivity index (χ0n) is 18.5. The van der Waals surface area contributed by atoms with Crippen LogP contribution in [0.1, 0.15) is 46.2 Å². The van der Waals surface area contributed by atoms with Gasteiger partial charge in [0.15, 0.2) is 11.5 Å². The molecule has 2 aromatic carbocycles. The summed E-state index contributed by atoms with van der Waals surface area (Å²) >= 11 is 0. The van der Waals surface area contributed by atoms with Crippen molar-refractivity contribution < 1.29 is 36.7 Å². The van der Waals surface area contributed by atoms with Gasteiger partial charge in [-0.25, -0.2) is 12.8 Å². The van der Waals surface area contributed by atoms with E-state index < -0.39 is 50.7 Å². The van der Waals surface area contributed by atoms with Gasteiger partial charge in [-0.15, -0.1) is 0 Å². The Labute approximate surface area is 190 Å². The van der Waals surface area contributed by atoms with Gasteiger partial charge in [-0.3, -0.25) is 19.3 Å².